The van der Waals surface area contributed by atoms with Gasteiger partial charge in [-0.1, -0.05) is 6.92 Å². The zero-order valence-corrected chi connectivity index (χ0v) is 21.6. The fourth-order valence-electron chi connectivity index (χ4n) is 3.98. The number of amides is 2. The molecule has 1 atom stereocenters. The van der Waals surface area contributed by atoms with Crippen molar-refractivity contribution >= 4 is 17.5 Å². The zero-order chi connectivity index (χ0) is 27.4. The predicted molar refractivity (Wildman–Crippen MR) is 135 cm³/mol. The van der Waals surface area contributed by atoms with E-state index in [0.29, 0.717) is 50.1 Å². The van der Waals surface area contributed by atoms with Gasteiger partial charge in [-0.15, -0.1) is 10.1 Å². The van der Waals surface area contributed by atoms with Crippen LogP contribution in [-0.4, -0.2) is 59.5 Å². The lowest BCUT2D eigenvalue weighted by molar-refractivity contribution is -0.769. The third-order valence-corrected chi connectivity index (χ3v) is 6.09. The second-order valence-electron chi connectivity index (χ2n) is 9.87. The van der Waals surface area contributed by atoms with Crippen molar-refractivity contribution in [2.75, 3.05) is 25.0 Å². The number of nitrogens with one attached hydrogen (secondary N) is 3. The molecular formula is C25H37N5O7. The number of β-amino-alcohol motifs (C(OH)–C–C–N with tert-alkyl or cyclic N) is 1. The van der Waals surface area contributed by atoms with Crippen molar-refractivity contribution in [1.29, 1.82) is 5.26 Å². The van der Waals surface area contributed by atoms with Crippen molar-refractivity contribution in [2.45, 2.75) is 77.0 Å². The van der Waals surface area contributed by atoms with Crippen LogP contribution in [0.3, 0.4) is 0 Å². The van der Waals surface area contributed by atoms with E-state index in [4.69, 9.17) is 4.74 Å². The normalized spacial score (nSPS) is 18.2. The van der Waals surface area contributed by atoms with Crippen LogP contribution < -0.4 is 20.7 Å². The topological polar surface area (TPSA) is 176 Å². The second-order valence-corrected chi connectivity index (χ2v) is 9.87. The van der Waals surface area contributed by atoms with Crippen molar-refractivity contribution < 1.29 is 29.4 Å². The molecule has 0 aromatic heterocycles. The molecule has 4 N–H and O–H groups in total. The van der Waals surface area contributed by atoms with Gasteiger partial charge < -0.3 is 30.6 Å². The van der Waals surface area contributed by atoms with E-state index in [2.05, 4.69) is 20.8 Å². The Morgan fingerprint density at radius 2 is 2.00 bits per heavy atom. The van der Waals surface area contributed by atoms with E-state index < -0.39 is 22.8 Å². The third-order valence-electron chi connectivity index (χ3n) is 6.09. The third kappa shape index (κ3) is 10.6. The first-order chi connectivity index (χ1) is 17.5. The van der Waals surface area contributed by atoms with Crippen molar-refractivity contribution in [3.8, 4) is 11.8 Å². The van der Waals surface area contributed by atoms with Crippen LogP contribution in [0, 0.1) is 27.4 Å². The van der Waals surface area contributed by atoms with Crippen LogP contribution in [0.15, 0.2) is 18.2 Å². The van der Waals surface area contributed by atoms with Gasteiger partial charge in [0.1, 0.15) is 30.6 Å². The molecule has 0 heterocycles. The van der Waals surface area contributed by atoms with E-state index in [0.717, 1.165) is 6.42 Å². The zero-order valence-electron chi connectivity index (χ0n) is 21.6. The Kier molecular flexibility index (Phi) is 11.6. The van der Waals surface area contributed by atoms with E-state index >= 15 is 0 Å². The Morgan fingerprint density at radius 1 is 1.30 bits per heavy atom. The smallest absolute Gasteiger partial charge is 0.294 e. The molecule has 0 bridgehead atoms. The van der Waals surface area contributed by atoms with Crippen LogP contribution in [0.2, 0.25) is 0 Å². The minimum Gasteiger partial charge on any atom is -0.489 e. The Morgan fingerprint density at radius 3 is 2.62 bits per heavy atom. The number of nitrogens with zero attached hydrogens (tertiary/aromatic N) is 2. The lowest BCUT2D eigenvalue weighted by Crippen LogP contribution is -2.52. The highest BCUT2D eigenvalue weighted by atomic mass is 17.0. The summed E-state index contributed by atoms with van der Waals surface area (Å²) in [5.41, 5.74) is 0.237. The Balaban J connectivity index is 1.74. The van der Waals surface area contributed by atoms with E-state index in [9.17, 15) is 30.1 Å². The van der Waals surface area contributed by atoms with Gasteiger partial charge in [0.25, 0.3) is 5.09 Å². The number of aliphatic hydroxyl groups excluding tert-OH is 1. The molecule has 2 rings (SSSR count). The average molecular weight is 520 g/mol. The number of rotatable bonds is 14. The summed E-state index contributed by atoms with van der Waals surface area (Å²) < 4.78 is 5.63. The van der Waals surface area contributed by atoms with E-state index in [1.165, 1.54) is 6.07 Å². The first-order valence-corrected chi connectivity index (χ1v) is 12.5. The van der Waals surface area contributed by atoms with E-state index in [1.54, 1.807) is 12.1 Å². The summed E-state index contributed by atoms with van der Waals surface area (Å²) >= 11 is 0. The Bertz CT molecular complexity index is 971. The summed E-state index contributed by atoms with van der Waals surface area (Å²) in [4.78, 5) is 39.3. The molecule has 12 nitrogen and oxygen atoms in total. The number of carbonyl (C=O) groups is 2. The Hall–Kier alpha value is -3.43. The summed E-state index contributed by atoms with van der Waals surface area (Å²) in [6.07, 6.45) is 1.79. The maximum Gasteiger partial charge on any atom is 0.294 e. The molecule has 2 amide bonds. The molecule has 37 heavy (non-hydrogen) atoms. The van der Waals surface area contributed by atoms with Crippen LogP contribution in [0.4, 0.5) is 5.69 Å². The predicted octanol–water partition coefficient (Wildman–Crippen LogP) is 2.29. The summed E-state index contributed by atoms with van der Waals surface area (Å²) in [6.45, 7) is 6.15. The molecule has 204 valence electrons. The number of benzene rings is 1. The number of hydrogen-bond donors (Lipinski definition) is 4. The molecule has 0 saturated heterocycles. The number of hydrogen-bond acceptors (Lipinski definition) is 9. The SMILES string of the molecule is CCCC(=O)Nc1ccc(OCC(O)CNC(C)(C)CNC(=O)C2CCC(O[N+](=O)[O-])CC2)c(C#N)c1. The number of anilines is 1. The number of carbonyl (C=O) groups excluding carboxylic acids is 2. The first-order valence-electron chi connectivity index (χ1n) is 12.5. The molecule has 0 radical (unpaired) electrons. The molecule has 1 unspecified atom stereocenters. The van der Waals surface area contributed by atoms with Gasteiger partial charge in [-0.25, -0.2) is 0 Å². The van der Waals surface area contributed by atoms with Gasteiger partial charge in [0.15, 0.2) is 0 Å². The summed E-state index contributed by atoms with van der Waals surface area (Å²) in [7, 11) is 0. The molecular weight excluding hydrogens is 482 g/mol. The lowest BCUT2D eigenvalue weighted by atomic mass is 9.86. The minimum atomic E-state index is -0.873. The summed E-state index contributed by atoms with van der Waals surface area (Å²) in [6, 6.07) is 6.79. The molecule has 1 fully saturated rings. The van der Waals surface area contributed by atoms with Gasteiger partial charge in [-0.05, 0) is 64.2 Å². The average Bonchev–Trinajstić information content (AvgIpc) is 2.85. The quantitative estimate of drug-likeness (QED) is 0.212. The van der Waals surface area contributed by atoms with Gasteiger partial charge in [0, 0.05) is 36.7 Å². The van der Waals surface area contributed by atoms with Gasteiger partial charge >= 0.3 is 0 Å². The van der Waals surface area contributed by atoms with Crippen molar-refractivity contribution in [3.63, 3.8) is 0 Å². The number of ether oxygens (including phenoxy) is 1. The van der Waals surface area contributed by atoms with Crippen LogP contribution >= 0.6 is 0 Å². The lowest BCUT2D eigenvalue weighted by Gasteiger charge is -2.30. The molecule has 1 aliphatic rings. The maximum atomic E-state index is 12.5. The van der Waals surface area contributed by atoms with E-state index in [-0.39, 0.29) is 36.4 Å². The number of aliphatic hydroxyl groups is 1. The molecule has 1 saturated carbocycles. The van der Waals surface area contributed by atoms with Crippen LogP contribution in [0.1, 0.15) is 64.9 Å². The molecule has 0 aliphatic heterocycles. The molecule has 1 aromatic rings. The molecule has 12 heteroatoms. The van der Waals surface area contributed by atoms with Crippen molar-refractivity contribution in [3.05, 3.63) is 33.9 Å². The van der Waals surface area contributed by atoms with Crippen molar-refractivity contribution in [2.24, 2.45) is 5.92 Å². The van der Waals surface area contributed by atoms with Crippen LogP contribution in [0.5, 0.6) is 5.75 Å². The fraction of sp³-hybridized carbons (Fsp3) is 0.640. The van der Waals surface area contributed by atoms with Gasteiger partial charge in [0.05, 0.1) is 5.56 Å². The first kappa shape index (κ1) is 29.8. The highest BCUT2D eigenvalue weighted by Crippen LogP contribution is 2.26. The highest BCUT2D eigenvalue weighted by molar-refractivity contribution is 5.91. The number of nitriles is 1. The molecule has 1 aliphatic carbocycles. The molecule has 0 spiro atoms. The summed E-state index contributed by atoms with van der Waals surface area (Å²) in [5.74, 6) is -0.131. The van der Waals surface area contributed by atoms with Crippen LogP contribution in [-0.2, 0) is 14.4 Å². The second kappa shape index (κ2) is 14.3. The fourth-order valence-corrected chi connectivity index (χ4v) is 3.98. The monoisotopic (exact) mass is 519 g/mol. The highest BCUT2D eigenvalue weighted by Gasteiger charge is 2.29. The maximum absolute atomic E-state index is 12.5. The van der Waals surface area contributed by atoms with Gasteiger partial charge in [-0.3, -0.25) is 9.59 Å². The largest absolute Gasteiger partial charge is 0.489 e. The van der Waals surface area contributed by atoms with Gasteiger partial charge in [0.2, 0.25) is 11.8 Å². The van der Waals surface area contributed by atoms with Gasteiger partial charge in [-0.2, -0.15) is 5.26 Å². The van der Waals surface area contributed by atoms with Crippen LogP contribution in [0.25, 0.3) is 0 Å². The summed E-state index contributed by atoms with van der Waals surface area (Å²) in [5, 5.41) is 38.3. The van der Waals surface area contributed by atoms with Crippen molar-refractivity contribution in [1.82, 2.24) is 10.6 Å². The molecule has 1 aromatic carbocycles. The standard InChI is InChI=1S/C25H37N5O7/c1-4-5-23(32)29-19-8-11-22(18(12-19)13-26)36-15-20(31)14-28-25(2,3)16-27-24(33)17-6-9-21(10-7-17)37-30(34)35/h8,11-12,17,20-21,28,31H,4-7,9-10,14-16H2,1-3H3,(H,27,33)(H,29,32). The Labute approximate surface area is 216 Å². The van der Waals surface area contributed by atoms with E-state index in [1.807, 2.05) is 26.8 Å². The minimum absolute atomic E-state index is 0.0544.